The van der Waals surface area contributed by atoms with E-state index in [2.05, 4.69) is 6.92 Å². The van der Waals surface area contributed by atoms with Gasteiger partial charge in [-0.15, -0.1) is 0 Å². The Hall–Kier alpha value is -0.650. The first kappa shape index (κ1) is 20.7. The topological polar surface area (TPSA) is 104 Å². The van der Waals surface area contributed by atoms with Crippen LogP contribution in [-0.2, 0) is 4.79 Å². The molecule has 0 saturated carbocycles. The molecule has 0 aliphatic heterocycles. The number of carboxylic acid groups (broad SMARTS) is 1. The second kappa shape index (κ2) is 17.4. The predicted octanol–water partition coefficient (Wildman–Crippen LogP) is 1.90. The van der Waals surface area contributed by atoms with Gasteiger partial charge in [0.2, 0.25) is 0 Å². The third-order valence-electron chi connectivity index (χ3n) is 2.79. The lowest BCUT2D eigenvalue weighted by Crippen LogP contribution is -2.29. The number of unbranched alkanes of at least 4 members (excludes halogenated alkanes) is 7. The van der Waals surface area contributed by atoms with Crippen LogP contribution in [-0.4, -0.2) is 40.5 Å². The number of hydrogen-bond donors (Lipinski definition) is 4. The van der Waals surface area contributed by atoms with Crippen LogP contribution >= 0.6 is 0 Å². The third kappa shape index (κ3) is 19.9. The Morgan fingerprint density at radius 2 is 1.37 bits per heavy atom. The van der Waals surface area contributed by atoms with Crippen molar-refractivity contribution >= 4 is 5.97 Å². The van der Waals surface area contributed by atoms with E-state index in [4.69, 9.17) is 21.1 Å². The first-order valence-corrected chi connectivity index (χ1v) is 7.30. The van der Waals surface area contributed by atoms with Crippen molar-refractivity contribution in [3.05, 3.63) is 0 Å². The van der Waals surface area contributed by atoms with Crippen LogP contribution in [0.1, 0.15) is 64.7 Å². The molecule has 116 valence electrons. The molecule has 0 rings (SSSR count). The Bertz CT molecular complexity index is 186. The van der Waals surface area contributed by atoms with Crippen molar-refractivity contribution in [1.29, 1.82) is 0 Å². The average Bonchev–Trinajstić information content (AvgIpc) is 2.41. The van der Waals surface area contributed by atoms with Crippen LogP contribution in [0.3, 0.4) is 0 Å². The van der Waals surface area contributed by atoms with E-state index in [-0.39, 0.29) is 13.2 Å². The smallest absolute Gasteiger partial charge is 0.320 e. The van der Waals surface area contributed by atoms with Gasteiger partial charge in [-0.05, 0) is 6.42 Å². The van der Waals surface area contributed by atoms with Crippen molar-refractivity contribution < 1.29 is 20.1 Å². The van der Waals surface area contributed by atoms with Crippen molar-refractivity contribution in [2.75, 3.05) is 13.2 Å². The fourth-order valence-corrected chi connectivity index (χ4v) is 1.62. The third-order valence-corrected chi connectivity index (χ3v) is 2.79. The van der Waals surface area contributed by atoms with Crippen molar-refractivity contribution in [2.24, 2.45) is 5.73 Å². The second-order valence-electron chi connectivity index (χ2n) is 4.66. The average molecular weight is 277 g/mol. The van der Waals surface area contributed by atoms with E-state index in [9.17, 15) is 4.79 Å². The second-order valence-corrected chi connectivity index (χ2v) is 4.66. The zero-order valence-electron chi connectivity index (χ0n) is 12.2. The summed E-state index contributed by atoms with van der Waals surface area (Å²) in [6.45, 7) is 1.97. The Kier molecular flexibility index (Phi) is 18.9. The minimum Gasteiger partial charge on any atom is -0.480 e. The van der Waals surface area contributed by atoms with E-state index in [1.54, 1.807) is 0 Å². The van der Waals surface area contributed by atoms with E-state index in [0.29, 0.717) is 6.42 Å². The number of nitrogens with two attached hydrogens (primary N) is 1. The van der Waals surface area contributed by atoms with Gasteiger partial charge in [-0.25, -0.2) is 0 Å². The van der Waals surface area contributed by atoms with Gasteiger partial charge < -0.3 is 21.1 Å². The summed E-state index contributed by atoms with van der Waals surface area (Å²) in [4.78, 5) is 10.4. The Balaban J connectivity index is 0. The largest absolute Gasteiger partial charge is 0.480 e. The van der Waals surface area contributed by atoms with Gasteiger partial charge in [0.25, 0.3) is 0 Å². The molecule has 0 saturated heterocycles. The quantitative estimate of drug-likeness (QED) is 0.432. The number of aliphatic hydroxyl groups is 2. The summed E-state index contributed by atoms with van der Waals surface area (Å²) in [5, 5.41) is 23.8. The standard InChI is InChI=1S/C12H25NO2.C2H6O2/c1-2-3-4-5-6-7-8-9-10-11(13)12(14)15;3-1-2-4/h11H,2-10,13H2,1H3,(H,14,15);3-4H,1-2H2. The number of aliphatic carboxylic acids is 1. The molecule has 0 fully saturated rings. The maximum absolute atomic E-state index is 10.4. The van der Waals surface area contributed by atoms with Gasteiger partial charge in [-0.3, -0.25) is 4.79 Å². The lowest BCUT2D eigenvalue weighted by Gasteiger charge is -2.05. The van der Waals surface area contributed by atoms with Crippen molar-refractivity contribution in [2.45, 2.75) is 70.8 Å². The highest BCUT2D eigenvalue weighted by Crippen LogP contribution is 2.10. The van der Waals surface area contributed by atoms with Crippen LogP contribution in [0.4, 0.5) is 0 Å². The van der Waals surface area contributed by atoms with Crippen molar-refractivity contribution in [3.63, 3.8) is 0 Å². The number of carbonyl (C=O) groups is 1. The summed E-state index contributed by atoms with van der Waals surface area (Å²) < 4.78 is 0. The molecule has 19 heavy (non-hydrogen) atoms. The van der Waals surface area contributed by atoms with Crippen molar-refractivity contribution in [3.8, 4) is 0 Å². The first-order chi connectivity index (χ1) is 9.09. The van der Waals surface area contributed by atoms with Gasteiger partial charge in [0.1, 0.15) is 6.04 Å². The maximum atomic E-state index is 10.4. The van der Waals surface area contributed by atoms with Gasteiger partial charge in [-0.2, -0.15) is 0 Å². The molecular formula is C14H31NO4. The molecule has 0 aromatic heterocycles. The predicted molar refractivity (Wildman–Crippen MR) is 77.0 cm³/mol. The molecular weight excluding hydrogens is 246 g/mol. The van der Waals surface area contributed by atoms with Crippen molar-refractivity contribution in [1.82, 2.24) is 0 Å². The summed E-state index contributed by atoms with van der Waals surface area (Å²) in [6, 6.07) is -0.662. The minimum atomic E-state index is -0.877. The summed E-state index contributed by atoms with van der Waals surface area (Å²) in [5.41, 5.74) is 5.40. The first-order valence-electron chi connectivity index (χ1n) is 7.30. The van der Waals surface area contributed by atoms with E-state index >= 15 is 0 Å². The number of carboxylic acids is 1. The normalized spacial score (nSPS) is 11.6. The van der Waals surface area contributed by atoms with Crippen LogP contribution in [0, 0.1) is 0 Å². The molecule has 0 heterocycles. The minimum absolute atomic E-state index is 0.125. The zero-order chi connectivity index (χ0) is 14.9. The van der Waals surface area contributed by atoms with Gasteiger partial charge in [-0.1, -0.05) is 58.3 Å². The highest BCUT2D eigenvalue weighted by Gasteiger charge is 2.09. The Morgan fingerprint density at radius 3 is 1.74 bits per heavy atom. The van der Waals surface area contributed by atoms with E-state index in [1.165, 1.54) is 38.5 Å². The van der Waals surface area contributed by atoms with Crippen LogP contribution in [0.15, 0.2) is 0 Å². The number of rotatable bonds is 11. The molecule has 0 aromatic carbocycles. The molecule has 0 spiro atoms. The molecule has 5 heteroatoms. The van der Waals surface area contributed by atoms with Gasteiger partial charge in [0, 0.05) is 0 Å². The molecule has 0 bridgehead atoms. The zero-order valence-corrected chi connectivity index (χ0v) is 12.2. The highest BCUT2D eigenvalue weighted by atomic mass is 16.4. The molecule has 0 amide bonds. The van der Waals surface area contributed by atoms with Crippen LogP contribution in [0.5, 0.6) is 0 Å². The number of hydrogen-bond acceptors (Lipinski definition) is 4. The van der Waals surface area contributed by atoms with Gasteiger partial charge in [0.05, 0.1) is 13.2 Å². The summed E-state index contributed by atoms with van der Waals surface area (Å²) in [7, 11) is 0. The summed E-state index contributed by atoms with van der Waals surface area (Å²) >= 11 is 0. The van der Waals surface area contributed by atoms with Gasteiger partial charge >= 0.3 is 5.97 Å². The highest BCUT2D eigenvalue weighted by molar-refractivity contribution is 5.72. The fourth-order valence-electron chi connectivity index (χ4n) is 1.62. The Labute approximate surface area is 116 Å². The van der Waals surface area contributed by atoms with Crippen LogP contribution in [0.25, 0.3) is 0 Å². The van der Waals surface area contributed by atoms with Crippen LogP contribution < -0.4 is 5.73 Å². The lowest BCUT2D eigenvalue weighted by molar-refractivity contribution is -0.138. The van der Waals surface area contributed by atoms with Crippen LogP contribution in [0.2, 0.25) is 0 Å². The summed E-state index contributed by atoms with van der Waals surface area (Å²) in [5.74, 6) is -0.877. The number of aliphatic hydroxyl groups excluding tert-OH is 2. The molecule has 0 aliphatic rings. The van der Waals surface area contributed by atoms with Gasteiger partial charge in [0.15, 0.2) is 0 Å². The molecule has 1 unspecified atom stereocenters. The molecule has 1 atom stereocenters. The maximum Gasteiger partial charge on any atom is 0.320 e. The molecule has 0 aromatic rings. The molecule has 0 radical (unpaired) electrons. The molecule has 5 N–H and O–H groups in total. The SMILES string of the molecule is CCCCCCCCCCC(N)C(=O)O.OCCO. The van der Waals surface area contributed by atoms with E-state index in [0.717, 1.165) is 12.8 Å². The molecule has 0 aliphatic carbocycles. The fraction of sp³-hybridized carbons (Fsp3) is 0.929. The van der Waals surface area contributed by atoms with E-state index < -0.39 is 12.0 Å². The Morgan fingerprint density at radius 1 is 0.947 bits per heavy atom. The monoisotopic (exact) mass is 277 g/mol. The molecule has 5 nitrogen and oxygen atoms in total. The summed E-state index contributed by atoms with van der Waals surface area (Å²) in [6.07, 6.45) is 10.5. The lowest BCUT2D eigenvalue weighted by atomic mass is 10.1. The van der Waals surface area contributed by atoms with E-state index in [1.807, 2.05) is 0 Å².